The van der Waals surface area contributed by atoms with Crippen molar-refractivity contribution in [2.45, 2.75) is 12.8 Å². The molecule has 1 amide bonds. The zero-order chi connectivity index (χ0) is 43.3. The highest BCUT2D eigenvalue weighted by molar-refractivity contribution is 5.97. The number of carbonyl (C=O) groups is 2. The fraction of sp³-hybridized carbons (Fsp3) is 0.244. The van der Waals surface area contributed by atoms with Crippen molar-refractivity contribution in [3.63, 3.8) is 0 Å². The number of hydrogen-bond acceptors (Lipinski definition) is 14. The van der Waals surface area contributed by atoms with E-state index in [1.165, 1.54) is 34.0 Å². The molecule has 2 heterocycles. The summed E-state index contributed by atoms with van der Waals surface area (Å²) in [7, 11) is 7.65. The highest BCUT2D eigenvalue weighted by Gasteiger charge is 2.16. The predicted molar refractivity (Wildman–Crippen MR) is 227 cm³/mol. The van der Waals surface area contributed by atoms with Gasteiger partial charge in [-0.2, -0.15) is 0 Å². The third-order valence-electron chi connectivity index (χ3n) is 8.69. The molecule has 0 saturated heterocycles. The number of aliphatic hydroxyl groups is 2. The molecule has 4 aromatic carbocycles. The highest BCUT2D eigenvalue weighted by Crippen LogP contribution is 2.30. The van der Waals surface area contributed by atoms with Gasteiger partial charge in [0.05, 0.1) is 65.7 Å². The van der Waals surface area contributed by atoms with Crippen LogP contribution >= 0.6 is 0 Å². The summed E-state index contributed by atoms with van der Waals surface area (Å²) in [6.07, 6.45) is 4.20. The van der Waals surface area contributed by atoms with E-state index in [9.17, 15) is 9.59 Å². The number of hydrogen-bond donors (Lipinski definition) is 4. The fourth-order valence-electron chi connectivity index (χ4n) is 5.84. The number of nitrogens with one attached hydrogen (secondary N) is 1. The number of rotatable bonds is 15. The summed E-state index contributed by atoms with van der Waals surface area (Å²) in [5.41, 5.74) is 12.5. The molecule has 15 nitrogen and oxygen atoms in total. The number of amides is 1. The van der Waals surface area contributed by atoms with Gasteiger partial charge >= 0.3 is 5.97 Å². The molecule has 0 fully saturated rings. The molecule has 60 heavy (non-hydrogen) atoms. The summed E-state index contributed by atoms with van der Waals surface area (Å²) in [4.78, 5) is 41.4. The normalized spacial score (nSPS) is 10.2. The monoisotopic (exact) mass is 818 g/mol. The van der Waals surface area contributed by atoms with Crippen molar-refractivity contribution < 1.29 is 43.5 Å². The maximum atomic E-state index is 12.2. The molecular weight excluding hydrogens is 769 g/mol. The van der Waals surface area contributed by atoms with Crippen molar-refractivity contribution in [3.8, 4) is 45.5 Å². The Balaban J connectivity index is 0.000000243. The van der Waals surface area contributed by atoms with E-state index < -0.39 is 5.97 Å². The van der Waals surface area contributed by atoms with Gasteiger partial charge in [0.25, 0.3) is 5.91 Å². The van der Waals surface area contributed by atoms with Gasteiger partial charge in [0.2, 0.25) is 0 Å². The van der Waals surface area contributed by atoms with Gasteiger partial charge < -0.3 is 44.9 Å². The zero-order valence-electron chi connectivity index (χ0n) is 34.3. The number of nitrogens with zero attached hydrogens (tertiary/aromatic N) is 4. The van der Waals surface area contributed by atoms with Gasteiger partial charge in [-0.05, 0) is 71.8 Å². The van der Waals surface area contributed by atoms with Crippen LogP contribution in [0.1, 0.15) is 43.2 Å². The molecule has 15 heteroatoms. The van der Waals surface area contributed by atoms with Crippen molar-refractivity contribution in [1.82, 2.24) is 25.3 Å². The van der Waals surface area contributed by atoms with Gasteiger partial charge in [0.15, 0.2) is 0 Å². The van der Waals surface area contributed by atoms with Gasteiger partial charge in [0.1, 0.15) is 41.2 Å². The van der Waals surface area contributed by atoms with Gasteiger partial charge in [-0.3, -0.25) is 4.79 Å². The predicted octanol–water partition coefficient (Wildman–Crippen LogP) is 4.95. The minimum absolute atomic E-state index is 0.0972. The van der Waals surface area contributed by atoms with Crippen LogP contribution in [0.3, 0.4) is 0 Å². The lowest BCUT2D eigenvalue weighted by Gasteiger charge is -2.11. The van der Waals surface area contributed by atoms with E-state index in [2.05, 4.69) is 25.3 Å². The first-order valence-corrected chi connectivity index (χ1v) is 18.7. The Bertz CT molecular complexity index is 2300. The van der Waals surface area contributed by atoms with Gasteiger partial charge in [-0.1, -0.05) is 36.4 Å². The van der Waals surface area contributed by atoms with Crippen molar-refractivity contribution >= 4 is 11.9 Å². The second-order valence-corrected chi connectivity index (χ2v) is 12.6. The van der Waals surface area contributed by atoms with Crippen LogP contribution in [0, 0.1) is 0 Å². The molecule has 0 spiro atoms. The van der Waals surface area contributed by atoms with Crippen LogP contribution in [0.2, 0.25) is 0 Å². The molecule has 0 unspecified atom stereocenters. The van der Waals surface area contributed by atoms with Crippen LogP contribution in [0.5, 0.6) is 23.0 Å². The standard InChI is InChI=1S/C22H23N3O4.C21H20N2O4.C2H7NO/c1-28-20-6-4-3-5-17(20)19-13-16(24-14-25-19)11-15-7-8-18(21(12-15)29-2)22(27)23-9-10-26;1-25-19-7-5-4-6-16(19)18-12-15(22-13-23-18)10-14-8-9-17(21(24)27-3)20(11-14)26-2;3-1-2-4/h3-8,12-14,26H,9-11H2,1-2H3,(H,23,27);4-9,11-13H,10H2,1-3H3;4H,1-3H2. The average molecular weight is 819 g/mol. The molecule has 2 aromatic heterocycles. The fourth-order valence-corrected chi connectivity index (χ4v) is 5.84. The van der Waals surface area contributed by atoms with Crippen LogP contribution in [-0.4, -0.2) is 104 Å². The molecule has 6 aromatic rings. The summed E-state index contributed by atoms with van der Waals surface area (Å²) < 4.78 is 26.3. The molecule has 0 bridgehead atoms. The van der Waals surface area contributed by atoms with Crippen LogP contribution in [0.25, 0.3) is 22.5 Å². The zero-order valence-corrected chi connectivity index (χ0v) is 34.3. The first kappa shape index (κ1) is 45.8. The molecule has 0 aliphatic heterocycles. The Hall–Kier alpha value is -6.94. The third-order valence-corrected chi connectivity index (χ3v) is 8.69. The molecule has 0 saturated carbocycles. The summed E-state index contributed by atoms with van der Waals surface area (Å²) in [5, 5.41) is 19.2. The summed E-state index contributed by atoms with van der Waals surface area (Å²) in [5.74, 6) is 1.72. The topological polar surface area (TPSA) is 210 Å². The smallest absolute Gasteiger partial charge is 0.341 e. The van der Waals surface area contributed by atoms with E-state index in [0.717, 1.165) is 56.5 Å². The number of ether oxygens (including phenoxy) is 5. The van der Waals surface area contributed by atoms with Gasteiger partial charge in [-0.25, -0.2) is 24.7 Å². The Labute approximate surface area is 349 Å². The van der Waals surface area contributed by atoms with Gasteiger partial charge in [-0.15, -0.1) is 0 Å². The molecule has 0 aliphatic rings. The minimum atomic E-state index is -0.432. The van der Waals surface area contributed by atoms with Crippen LogP contribution < -0.4 is 30.0 Å². The maximum absolute atomic E-state index is 12.2. The van der Waals surface area contributed by atoms with Crippen molar-refractivity contribution in [3.05, 3.63) is 143 Å². The number of esters is 1. The number of methoxy groups -OCH3 is 5. The number of carbonyl (C=O) groups excluding carboxylic acids is 2. The van der Waals surface area contributed by atoms with E-state index >= 15 is 0 Å². The van der Waals surface area contributed by atoms with Gasteiger partial charge in [0, 0.05) is 48.4 Å². The SMILES string of the molecule is COC(=O)c1ccc(Cc2cc(-c3ccccc3OC)ncn2)cc1OC.COc1cc(Cc2cc(-c3ccccc3OC)ncn2)ccc1C(=O)NCCO.NCCO. The Morgan fingerprint density at radius 2 is 1.03 bits per heavy atom. The summed E-state index contributed by atoms with van der Waals surface area (Å²) in [6, 6.07) is 30.0. The third kappa shape index (κ3) is 12.8. The second kappa shape index (κ2) is 24.1. The molecule has 0 radical (unpaired) electrons. The molecule has 0 aliphatic carbocycles. The number of para-hydroxylation sites is 2. The summed E-state index contributed by atoms with van der Waals surface area (Å²) in [6.45, 7) is 0.546. The lowest BCUT2D eigenvalue weighted by Crippen LogP contribution is -2.26. The summed E-state index contributed by atoms with van der Waals surface area (Å²) >= 11 is 0. The van der Waals surface area contributed by atoms with E-state index in [-0.39, 0.29) is 25.7 Å². The number of nitrogens with two attached hydrogens (primary N) is 1. The van der Waals surface area contributed by atoms with E-state index in [1.54, 1.807) is 26.4 Å². The number of aliphatic hydroxyl groups excluding tert-OH is 2. The molecular formula is C45H50N6O9. The van der Waals surface area contributed by atoms with Crippen molar-refractivity contribution in [1.29, 1.82) is 0 Å². The molecule has 6 rings (SSSR count). The number of benzene rings is 4. The molecule has 5 N–H and O–H groups in total. The lowest BCUT2D eigenvalue weighted by molar-refractivity contribution is 0.0597. The molecule has 0 atom stereocenters. The first-order valence-electron chi connectivity index (χ1n) is 18.7. The average Bonchev–Trinajstić information content (AvgIpc) is 3.30. The number of aromatic nitrogens is 4. The Morgan fingerprint density at radius 3 is 1.47 bits per heavy atom. The Kier molecular flexibility index (Phi) is 18.4. The highest BCUT2D eigenvalue weighted by atomic mass is 16.5. The second-order valence-electron chi connectivity index (χ2n) is 12.6. The van der Waals surface area contributed by atoms with Crippen LogP contribution in [0.4, 0.5) is 0 Å². The minimum Gasteiger partial charge on any atom is -0.496 e. The quantitative estimate of drug-likeness (QED) is 0.101. The van der Waals surface area contributed by atoms with E-state index in [1.807, 2.05) is 84.9 Å². The Morgan fingerprint density at radius 1 is 0.583 bits per heavy atom. The largest absolute Gasteiger partial charge is 0.496 e. The van der Waals surface area contributed by atoms with Crippen LogP contribution in [-0.2, 0) is 17.6 Å². The van der Waals surface area contributed by atoms with Crippen molar-refractivity contribution in [2.75, 3.05) is 61.9 Å². The van der Waals surface area contributed by atoms with Crippen molar-refractivity contribution in [2.24, 2.45) is 5.73 Å². The van der Waals surface area contributed by atoms with E-state index in [0.29, 0.717) is 42.0 Å². The van der Waals surface area contributed by atoms with Crippen LogP contribution in [0.15, 0.2) is 110 Å². The maximum Gasteiger partial charge on any atom is 0.341 e. The van der Waals surface area contributed by atoms with E-state index in [4.69, 9.17) is 39.6 Å². The first-order chi connectivity index (χ1) is 29.2. The lowest BCUT2D eigenvalue weighted by atomic mass is 10.0. The molecule has 314 valence electrons.